The van der Waals surface area contributed by atoms with Crippen LogP contribution in [-0.4, -0.2) is 0 Å². The highest BCUT2D eigenvalue weighted by Gasteiger charge is 2.53. The van der Waals surface area contributed by atoms with Gasteiger partial charge in [-0.05, 0) is 104 Å². The molecule has 0 radical (unpaired) electrons. The van der Waals surface area contributed by atoms with E-state index in [2.05, 4.69) is 205 Å². The molecule has 12 rings (SSSR count). The summed E-state index contributed by atoms with van der Waals surface area (Å²) in [6.07, 6.45) is 0. The molecule has 3 heteroatoms. The summed E-state index contributed by atoms with van der Waals surface area (Å²) in [6, 6.07) is 75.7. The quantitative estimate of drug-likeness (QED) is 0.175. The maximum Gasteiger partial charge on any atom is 0.194 e. The highest BCUT2D eigenvalue weighted by atomic mass is 16.6. The number of ether oxygens (including phenoxy) is 2. The molecule has 272 valence electrons. The smallest absolute Gasteiger partial charge is 0.194 e. The first-order valence-corrected chi connectivity index (χ1v) is 19.8. The van der Waals surface area contributed by atoms with Gasteiger partial charge in [-0.2, -0.15) is 0 Å². The second-order valence-electron chi connectivity index (χ2n) is 15.2. The summed E-state index contributed by atoms with van der Waals surface area (Å²) in [5.74, 6) is 2.81. The van der Waals surface area contributed by atoms with Crippen molar-refractivity contribution in [1.82, 2.24) is 0 Å². The molecular weight excluding hydrogens is 707 g/mol. The standard InChI is InChI=1S/C55H35NO2/c1-3-14-36(15-4-1)37-26-28-38(29-27-37)39-30-32-41(33-31-39)56(40-16-5-2-6-17-40)49-24-13-25-50-53(49)58-54-51(57-50)35-34-48-52(54)44-20-9-12-23-47(44)55(48)45-21-10-7-18-42(45)43-19-8-11-22-46(43)55/h1-35H. The SMILES string of the molecule is c1ccc(-c2ccc(-c3ccc(N(c4ccccc4)c4cccc5c4Oc4c(ccc6c4-c4ccccc4C64c6ccccc6-c6ccccc64)O5)cc3)cc2)cc1. The van der Waals surface area contributed by atoms with Crippen LogP contribution in [0.2, 0.25) is 0 Å². The van der Waals surface area contributed by atoms with Gasteiger partial charge in [0.1, 0.15) is 0 Å². The average molecular weight is 742 g/mol. The lowest BCUT2D eigenvalue weighted by atomic mass is 9.70. The van der Waals surface area contributed by atoms with E-state index in [1.54, 1.807) is 0 Å². The largest absolute Gasteiger partial charge is 0.449 e. The van der Waals surface area contributed by atoms with Crippen LogP contribution in [0.5, 0.6) is 23.0 Å². The fraction of sp³-hybridized carbons (Fsp3) is 0.0182. The predicted molar refractivity (Wildman–Crippen MR) is 235 cm³/mol. The second-order valence-corrected chi connectivity index (χ2v) is 15.2. The van der Waals surface area contributed by atoms with E-state index in [1.165, 1.54) is 50.1 Å². The summed E-state index contributed by atoms with van der Waals surface area (Å²) in [7, 11) is 0. The molecule has 1 spiro atoms. The minimum atomic E-state index is -0.475. The van der Waals surface area contributed by atoms with Gasteiger partial charge in [-0.25, -0.2) is 0 Å². The van der Waals surface area contributed by atoms with Crippen molar-refractivity contribution in [2.24, 2.45) is 0 Å². The number of anilines is 3. The predicted octanol–water partition coefficient (Wildman–Crippen LogP) is 14.7. The number of benzene rings is 9. The normalized spacial score (nSPS) is 13.2. The van der Waals surface area contributed by atoms with Crippen LogP contribution in [0.1, 0.15) is 22.3 Å². The Morgan fingerprint density at radius 1 is 0.310 bits per heavy atom. The molecule has 3 nitrogen and oxygen atoms in total. The summed E-state index contributed by atoms with van der Waals surface area (Å²) < 4.78 is 14.1. The lowest BCUT2D eigenvalue weighted by Gasteiger charge is -2.32. The van der Waals surface area contributed by atoms with Gasteiger partial charge in [0.15, 0.2) is 23.0 Å². The van der Waals surface area contributed by atoms with Gasteiger partial charge in [0.05, 0.1) is 11.1 Å². The first-order chi connectivity index (χ1) is 28.8. The molecule has 0 unspecified atom stereocenters. The third kappa shape index (κ3) is 4.68. The van der Waals surface area contributed by atoms with Crippen LogP contribution in [0.15, 0.2) is 212 Å². The van der Waals surface area contributed by atoms with Crippen LogP contribution in [0.25, 0.3) is 44.5 Å². The zero-order valence-electron chi connectivity index (χ0n) is 31.5. The molecule has 0 amide bonds. The number of hydrogen-bond acceptors (Lipinski definition) is 3. The minimum Gasteiger partial charge on any atom is -0.449 e. The van der Waals surface area contributed by atoms with E-state index in [0.717, 1.165) is 39.5 Å². The van der Waals surface area contributed by atoms with Crippen molar-refractivity contribution >= 4 is 17.1 Å². The fourth-order valence-electron chi connectivity index (χ4n) is 9.69. The van der Waals surface area contributed by atoms with Gasteiger partial charge >= 0.3 is 0 Å². The van der Waals surface area contributed by atoms with Crippen LogP contribution in [0.3, 0.4) is 0 Å². The highest BCUT2D eigenvalue weighted by molar-refractivity contribution is 5.98. The minimum absolute atomic E-state index is 0.475. The molecule has 1 aliphatic heterocycles. The van der Waals surface area contributed by atoms with Crippen LogP contribution >= 0.6 is 0 Å². The number of fused-ring (bicyclic) bond motifs is 13. The van der Waals surface area contributed by atoms with Crippen molar-refractivity contribution < 1.29 is 9.47 Å². The molecular formula is C55H35NO2. The highest BCUT2D eigenvalue weighted by Crippen LogP contribution is 2.66. The second kappa shape index (κ2) is 12.7. The number of para-hydroxylation sites is 2. The molecule has 0 N–H and O–H groups in total. The zero-order chi connectivity index (χ0) is 38.2. The third-order valence-corrected chi connectivity index (χ3v) is 12.2. The summed E-state index contributed by atoms with van der Waals surface area (Å²) >= 11 is 0. The molecule has 0 atom stereocenters. The third-order valence-electron chi connectivity index (χ3n) is 12.2. The molecule has 0 saturated carbocycles. The van der Waals surface area contributed by atoms with Gasteiger partial charge in [-0.3, -0.25) is 0 Å². The lowest BCUT2D eigenvalue weighted by molar-refractivity contribution is 0.361. The molecule has 0 saturated heterocycles. The van der Waals surface area contributed by atoms with Crippen molar-refractivity contribution in [3.63, 3.8) is 0 Å². The number of rotatable bonds is 5. The molecule has 1 heterocycles. The van der Waals surface area contributed by atoms with Crippen LogP contribution < -0.4 is 14.4 Å². The Balaban J connectivity index is 0.982. The van der Waals surface area contributed by atoms with Gasteiger partial charge in [-0.1, -0.05) is 170 Å². The Labute approximate surface area is 337 Å². The first-order valence-electron chi connectivity index (χ1n) is 19.8. The first kappa shape index (κ1) is 32.6. The molecule has 9 aromatic carbocycles. The molecule has 9 aromatic rings. The van der Waals surface area contributed by atoms with E-state index in [-0.39, 0.29) is 0 Å². The Morgan fingerprint density at radius 3 is 1.43 bits per heavy atom. The summed E-state index contributed by atoms with van der Waals surface area (Å²) in [4.78, 5) is 2.26. The van der Waals surface area contributed by atoms with E-state index in [0.29, 0.717) is 17.2 Å². The molecule has 0 aromatic heterocycles. The number of hydrogen-bond donors (Lipinski definition) is 0. The lowest BCUT2D eigenvalue weighted by Crippen LogP contribution is -2.25. The molecule has 3 aliphatic rings. The Kier molecular flexibility index (Phi) is 7.14. The van der Waals surface area contributed by atoms with Gasteiger partial charge in [0, 0.05) is 16.9 Å². The van der Waals surface area contributed by atoms with Crippen molar-refractivity contribution in [2.45, 2.75) is 5.41 Å². The van der Waals surface area contributed by atoms with E-state index in [1.807, 2.05) is 12.1 Å². The maximum absolute atomic E-state index is 7.28. The molecule has 58 heavy (non-hydrogen) atoms. The fourth-order valence-corrected chi connectivity index (χ4v) is 9.69. The van der Waals surface area contributed by atoms with E-state index in [9.17, 15) is 0 Å². The van der Waals surface area contributed by atoms with E-state index in [4.69, 9.17) is 9.47 Å². The van der Waals surface area contributed by atoms with Gasteiger partial charge in [-0.15, -0.1) is 0 Å². The van der Waals surface area contributed by atoms with E-state index >= 15 is 0 Å². The van der Waals surface area contributed by atoms with E-state index < -0.39 is 5.41 Å². The van der Waals surface area contributed by atoms with Gasteiger partial charge < -0.3 is 14.4 Å². The average Bonchev–Trinajstić information content (AvgIpc) is 3.77. The maximum atomic E-state index is 7.28. The summed E-state index contributed by atoms with van der Waals surface area (Å²) in [6.45, 7) is 0. The Hall–Kier alpha value is -7.62. The summed E-state index contributed by atoms with van der Waals surface area (Å²) in [5.41, 5.74) is 17.1. The topological polar surface area (TPSA) is 21.7 Å². The Morgan fingerprint density at radius 2 is 0.793 bits per heavy atom. The summed E-state index contributed by atoms with van der Waals surface area (Å²) in [5, 5.41) is 0. The van der Waals surface area contributed by atoms with Gasteiger partial charge in [0.25, 0.3) is 0 Å². The monoisotopic (exact) mass is 741 g/mol. The van der Waals surface area contributed by atoms with Crippen molar-refractivity contribution in [3.8, 4) is 67.5 Å². The van der Waals surface area contributed by atoms with Crippen LogP contribution in [0, 0.1) is 0 Å². The van der Waals surface area contributed by atoms with Crippen molar-refractivity contribution in [3.05, 3.63) is 235 Å². The number of nitrogens with zero attached hydrogens (tertiary/aromatic N) is 1. The Bertz CT molecular complexity index is 3000. The van der Waals surface area contributed by atoms with Gasteiger partial charge in [0.2, 0.25) is 0 Å². The van der Waals surface area contributed by atoms with Crippen molar-refractivity contribution in [2.75, 3.05) is 4.90 Å². The zero-order valence-corrected chi connectivity index (χ0v) is 31.5. The van der Waals surface area contributed by atoms with Crippen LogP contribution in [0.4, 0.5) is 17.1 Å². The van der Waals surface area contributed by atoms with Crippen molar-refractivity contribution in [1.29, 1.82) is 0 Å². The van der Waals surface area contributed by atoms with Crippen LogP contribution in [-0.2, 0) is 5.41 Å². The molecule has 0 fully saturated rings. The molecule has 2 aliphatic carbocycles. The molecule has 0 bridgehead atoms.